The molecule has 0 spiro atoms. The summed E-state index contributed by atoms with van der Waals surface area (Å²) in [6.07, 6.45) is -3.38. The maximum Gasteiger partial charge on any atom is 0.480 e. The largest absolute Gasteiger partial charge is 0.744 e. The lowest BCUT2D eigenvalue weighted by atomic mass is 10.1. The highest BCUT2D eigenvalue weighted by atomic mass is 32.2. The normalized spacial score (nSPS) is 11.5. The Balaban J connectivity index is 0.000000260. The Hall–Kier alpha value is -2.33. The summed E-state index contributed by atoms with van der Waals surface area (Å²) in [6, 6.07) is 5.56. The van der Waals surface area contributed by atoms with Gasteiger partial charge in [0.2, 0.25) is 6.20 Å². The van der Waals surface area contributed by atoms with Crippen LogP contribution in [0.25, 0.3) is 0 Å². The molecule has 10 heteroatoms. The van der Waals surface area contributed by atoms with E-state index in [1.165, 1.54) is 13.2 Å². The summed E-state index contributed by atoms with van der Waals surface area (Å²) in [4.78, 5) is -0.0851. The highest BCUT2D eigenvalue weighted by molar-refractivity contribution is 7.85. The first-order valence-corrected chi connectivity index (χ1v) is 8.64. The third kappa shape index (κ3) is 5.60. The number of nitrogens with zero attached hydrogens (tertiary/aromatic N) is 1. The Bertz CT molecular complexity index is 874. The number of benzene rings is 1. The highest BCUT2D eigenvalue weighted by Crippen LogP contribution is 2.27. The van der Waals surface area contributed by atoms with Gasteiger partial charge in [0.1, 0.15) is 15.9 Å². The molecule has 144 valence electrons. The van der Waals surface area contributed by atoms with Gasteiger partial charge in [0, 0.05) is 6.07 Å². The summed E-state index contributed by atoms with van der Waals surface area (Å²) in [5.74, 6) is 5.19. The van der Waals surface area contributed by atoms with Gasteiger partial charge in [-0.05, 0) is 31.9 Å². The lowest BCUT2D eigenvalue weighted by Crippen LogP contribution is -2.50. The first kappa shape index (κ1) is 21.7. The van der Waals surface area contributed by atoms with Crippen molar-refractivity contribution in [3.8, 4) is 5.75 Å². The van der Waals surface area contributed by atoms with E-state index in [-0.39, 0.29) is 10.6 Å². The van der Waals surface area contributed by atoms with E-state index in [9.17, 15) is 26.1 Å². The average Bonchev–Trinajstić information content (AvgIpc) is 2.44. The molecule has 2 rings (SSSR count). The van der Waals surface area contributed by atoms with Gasteiger partial charge in [0.15, 0.2) is 0 Å². The van der Waals surface area contributed by atoms with E-state index in [4.69, 9.17) is 5.84 Å². The number of hydrogen-bond donors (Lipinski definition) is 1. The number of hydrogen-bond acceptors (Lipinski definition) is 5. The molecule has 0 aliphatic rings. The van der Waals surface area contributed by atoms with Crippen molar-refractivity contribution < 1.29 is 35.6 Å². The summed E-state index contributed by atoms with van der Waals surface area (Å²) in [5.41, 5.74) is 1.05. The number of methoxy groups -OCH3 is 1. The number of nitrogens with two attached hydrogens (primary N) is 1. The predicted molar refractivity (Wildman–Crippen MR) is 87.0 cm³/mol. The van der Waals surface area contributed by atoms with E-state index in [0.717, 1.165) is 17.8 Å². The Labute approximate surface area is 149 Å². The maximum atomic E-state index is 12.2. The second-order valence-corrected chi connectivity index (χ2v) is 6.86. The Morgan fingerprint density at radius 1 is 1.12 bits per heavy atom. The molecule has 1 aromatic carbocycles. The molecule has 1 heterocycles. The van der Waals surface area contributed by atoms with Crippen LogP contribution in [0.3, 0.4) is 0 Å². The third-order valence-corrected chi connectivity index (χ3v) is 4.48. The van der Waals surface area contributed by atoms with Gasteiger partial charge in [-0.25, -0.2) is 14.3 Å². The molecule has 0 saturated carbocycles. The smallest absolute Gasteiger partial charge is 0.480 e. The van der Waals surface area contributed by atoms with Crippen molar-refractivity contribution >= 4 is 10.1 Å². The van der Waals surface area contributed by atoms with E-state index in [0.29, 0.717) is 15.8 Å². The van der Waals surface area contributed by atoms with Crippen LogP contribution in [0.15, 0.2) is 35.4 Å². The van der Waals surface area contributed by atoms with Crippen LogP contribution in [0.4, 0.5) is 13.2 Å². The van der Waals surface area contributed by atoms with Crippen molar-refractivity contribution in [3.63, 3.8) is 0 Å². The standard InChI is InChI=1S/C9H12O3S.C7H8F3N2O/c1-6-4-7(2)9(8(3)5-6)13(10,11)12;1-13-5-2-3-12(11)6(4-5)7(8,9)10/h4-5H,1-3H3,(H,10,11,12);2-4H,11H2,1H3/q;+1/p-1. The number of pyridine rings is 1. The van der Waals surface area contributed by atoms with E-state index < -0.39 is 22.0 Å². The van der Waals surface area contributed by atoms with Crippen molar-refractivity contribution in [1.29, 1.82) is 0 Å². The van der Waals surface area contributed by atoms with Crippen molar-refractivity contribution in [2.45, 2.75) is 31.8 Å². The molecule has 0 bridgehead atoms. The topological polar surface area (TPSA) is 96.3 Å². The van der Waals surface area contributed by atoms with Gasteiger partial charge in [0.25, 0.3) is 0 Å². The number of nitrogen functional groups attached to an aromatic ring is 1. The van der Waals surface area contributed by atoms with Crippen LogP contribution in [0.5, 0.6) is 5.75 Å². The van der Waals surface area contributed by atoms with Crippen LogP contribution >= 0.6 is 0 Å². The van der Waals surface area contributed by atoms with Crippen molar-refractivity contribution in [1.82, 2.24) is 0 Å². The number of halogens is 3. The molecule has 0 aliphatic heterocycles. The van der Waals surface area contributed by atoms with Crippen LogP contribution in [-0.2, 0) is 16.3 Å². The summed E-state index contributed by atoms with van der Waals surface area (Å²) in [7, 11) is -3.04. The minimum atomic E-state index is -4.47. The van der Waals surface area contributed by atoms with Crippen molar-refractivity contribution in [2.75, 3.05) is 13.0 Å². The van der Waals surface area contributed by atoms with Gasteiger partial charge < -0.3 is 9.29 Å². The summed E-state index contributed by atoms with van der Waals surface area (Å²) >= 11 is 0. The maximum absolute atomic E-state index is 12.2. The number of ether oxygens (including phenoxy) is 1. The average molecular weight is 392 g/mol. The zero-order valence-corrected chi connectivity index (χ0v) is 15.4. The lowest BCUT2D eigenvalue weighted by Gasteiger charge is -2.14. The quantitative estimate of drug-likeness (QED) is 0.480. The zero-order valence-electron chi connectivity index (χ0n) is 14.6. The van der Waals surface area contributed by atoms with Crippen LogP contribution in [0.2, 0.25) is 0 Å². The summed E-state index contributed by atoms with van der Waals surface area (Å²) in [6.45, 7) is 5.12. The molecule has 0 radical (unpaired) electrons. The Morgan fingerprint density at radius 2 is 1.62 bits per heavy atom. The molecular weight excluding hydrogens is 373 g/mol. The van der Waals surface area contributed by atoms with Gasteiger partial charge in [0.05, 0.1) is 18.1 Å². The van der Waals surface area contributed by atoms with Gasteiger partial charge in [-0.15, -0.1) is 0 Å². The Kier molecular flexibility index (Phi) is 6.61. The molecule has 6 nitrogen and oxygen atoms in total. The van der Waals surface area contributed by atoms with Crippen molar-refractivity contribution in [2.24, 2.45) is 0 Å². The molecule has 2 N–H and O–H groups in total. The third-order valence-electron chi connectivity index (χ3n) is 3.34. The van der Waals surface area contributed by atoms with Gasteiger partial charge >= 0.3 is 11.9 Å². The second kappa shape index (κ2) is 7.92. The molecule has 0 atom stereocenters. The first-order chi connectivity index (χ1) is 11.8. The summed E-state index contributed by atoms with van der Waals surface area (Å²) in [5, 5.41) is 0. The number of alkyl halides is 3. The molecule has 0 amide bonds. The lowest BCUT2D eigenvalue weighted by molar-refractivity contribution is -0.660. The molecule has 1 aromatic heterocycles. The number of aryl methyl sites for hydroxylation is 3. The fraction of sp³-hybridized carbons (Fsp3) is 0.312. The van der Waals surface area contributed by atoms with E-state index in [1.807, 2.05) is 6.92 Å². The molecule has 0 aliphatic carbocycles. The van der Waals surface area contributed by atoms with Gasteiger partial charge in [-0.1, -0.05) is 22.4 Å². The minimum absolute atomic E-state index is 0.0851. The zero-order chi connectivity index (χ0) is 20.3. The molecule has 26 heavy (non-hydrogen) atoms. The van der Waals surface area contributed by atoms with Crippen LogP contribution < -0.4 is 15.3 Å². The molecule has 0 fully saturated rings. The van der Waals surface area contributed by atoms with Gasteiger partial charge in [-0.2, -0.15) is 13.2 Å². The molecule has 0 saturated heterocycles. The predicted octanol–water partition coefficient (Wildman–Crippen LogP) is 2.23. The van der Waals surface area contributed by atoms with Gasteiger partial charge in [-0.3, -0.25) is 0 Å². The fourth-order valence-electron chi connectivity index (χ4n) is 2.41. The summed E-state index contributed by atoms with van der Waals surface area (Å²) < 4.78 is 74.3. The van der Waals surface area contributed by atoms with Crippen LogP contribution in [0.1, 0.15) is 22.4 Å². The van der Waals surface area contributed by atoms with E-state index in [1.54, 1.807) is 26.0 Å². The first-order valence-electron chi connectivity index (χ1n) is 7.23. The van der Waals surface area contributed by atoms with E-state index in [2.05, 4.69) is 4.74 Å². The Morgan fingerprint density at radius 3 is 2.00 bits per heavy atom. The SMILES string of the molecule is COc1cc[n+](N)c(C(F)(F)F)c1.Cc1cc(C)c(S(=O)(=O)[O-])c(C)c1. The minimum Gasteiger partial charge on any atom is -0.744 e. The monoisotopic (exact) mass is 392 g/mol. The molecule has 2 aromatic rings. The number of aromatic nitrogens is 1. The number of rotatable bonds is 2. The molecular formula is C16H19F3N2O4S. The second-order valence-electron chi connectivity index (χ2n) is 5.54. The van der Waals surface area contributed by atoms with Crippen LogP contribution in [-0.4, -0.2) is 20.1 Å². The highest BCUT2D eigenvalue weighted by Gasteiger charge is 2.41. The molecule has 0 unspecified atom stereocenters. The van der Waals surface area contributed by atoms with E-state index >= 15 is 0 Å². The fourth-order valence-corrected chi connectivity index (χ4v) is 3.31. The van der Waals surface area contributed by atoms with Crippen molar-refractivity contribution in [3.05, 3.63) is 52.8 Å². The van der Waals surface area contributed by atoms with Crippen LogP contribution in [0, 0.1) is 20.8 Å².